The van der Waals surface area contributed by atoms with Crippen LogP contribution in [0.25, 0.3) is 0 Å². The Kier molecular flexibility index (Phi) is 7.80. The van der Waals surface area contributed by atoms with Crippen molar-refractivity contribution in [1.29, 1.82) is 0 Å². The molecule has 0 saturated heterocycles. The van der Waals surface area contributed by atoms with Crippen molar-refractivity contribution in [3.8, 4) is 5.75 Å². The zero-order valence-electron chi connectivity index (χ0n) is 19.6. The Morgan fingerprint density at radius 2 is 1.46 bits per heavy atom. The molecule has 4 rings (SSSR count). The van der Waals surface area contributed by atoms with Crippen LogP contribution in [0.4, 0.5) is 0 Å². The smallest absolute Gasteiger partial charge is 0.240 e. The maximum absolute atomic E-state index is 13.4. The number of hydrogen-bond donors (Lipinski definition) is 4. The van der Waals surface area contributed by atoms with Crippen LogP contribution < -0.4 is 16.8 Å². The lowest BCUT2D eigenvalue weighted by Crippen LogP contribution is -2.56. The normalized spacial score (nSPS) is 16.7. The lowest BCUT2D eigenvalue weighted by Gasteiger charge is -2.38. The summed E-state index contributed by atoms with van der Waals surface area (Å²) in [4.78, 5) is 27.9. The molecule has 182 valence electrons. The van der Waals surface area contributed by atoms with Crippen molar-refractivity contribution in [2.45, 2.75) is 43.9 Å². The molecule has 6 N–H and O–H groups in total. The SMILES string of the molecule is N[C@@H](Cc1ccccc1)C(=O)NC[C@@H]1Cc2ccccc2CN1C(=O)[C@@H](N)Cc1ccc(O)cc1. The van der Waals surface area contributed by atoms with Crippen molar-refractivity contribution in [1.82, 2.24) is 10.2 Å². The van der Waals surface area contributed by atoms with Crippen LogP contribution in [0, 0.1) is 0 Å². The van der Waals surface area contributed by atoms with E-state index >= 15 is 0 Å². The minimum Gasteiger partial charge on any atom is -0.508 e. The minimum absolute atomic E-state index is 0.166. The summed E-state index contributed by atoms with van der Waals surface area (Å²) in [7, 11) is 0. The first-order valence-corrected chi connectivity index (χ1v) is 11.9. The van der Waals surface area contributed by atoms with Gasteiger partial charge in [-0.15, -0.1) is 0 Å². The van der Waals surface area contributed by atoms with E-state index in [2.05, 4.69) is 11.4 Å². The Hall–Kier alpha value is -3.68. The van der Waals surface area contributed by atoms with E-state index in [-0.39, 0.29) is 23.6 Å². The summed E-state index contributed by atoms with van der Waals surface area (Å²) in [5.41, 5.74) is 16.6. The summed E-state index contributed by atoms with van der Waals surface area (Å²) >= 11 is 0. The van der Waals surface area contributed by atoms with E-state index in [1.807, 2.05) is 48.5 Å². The molecule has 0 unspecified atom stereocenters. The molecular weight excluding hydrogens is 440 g/mol. The predicted octanol–water partition coefficient (Wildman–Crippen LogP) is 1.90. The second-order valence-electron chi connectivity index (χ2n) is 9.11. The fourth-order valence-electron chi connectivity index (χ4n) is 4.52. The molecule has 1 heterocycles. The second kappa shape index (κ2) is 11.2. The molecule has 1 aliphatic rings. The Bertz CT molecular complexity index is 1150. The lowest BCUT2D eigenvalue weighted by atomic mass is 9.92. The molecule has 2 amide bonds. The van der Waals surface area contributed by atoms with Crippen LogP contribution in [0.1, 0.15) is 22.3 Å². The van der Waals surface area contributed by atoms with E-state index in [0.717, 1.165) is 22.3 Å². The highest BCUT2D eigenvalue weighted by atomic mass is 16.3. The first-order chi connectivity index (χ1) is 16.9. The standard InChI is InChI=1S/C28H32N4O3/c29-25(14-19-6-2-1-3-7-19)27(34)31-17-23-16-21-8-4-5-9-22(21)18-32(23)28(35)26(30)15-20-10-12-24(33)13-11-20/h1-13,23,25-26,33H,14-18,29-30H2,(H,31,34)/t23-,25-,26-/m0/s1. The van der Waals surface area contributed by atoms with Gasteiger partial charge in [0.15, 0.2) is 0 Å². The Morgan fingerprint density at radius 3 is 2.17 bits per heavy atom. The predicted molar refractivity (Wildman–Crippen MR) is 135 cm³/mol. The Labute approximate surface area is 205 Å². The number of fused-ring (bicyclic) bond motifs is 1. The molecule has 0 fully saturated rings. The molecule has 0 saturated carbocycles. The van der Waals surface area contributed by atoms with Crippen LogP contribution in [0.15, 0.2) is 78.9 Å². The number of hydrogen-bond acceptors (Lipinski definition) is 5. The number of rotatable bonds is 8. The molecule has 35 heavy (non-hydrogen) atoms. The lowest BCUT2D eigenvalue weighted by molar-refractivity contribution is -0.136. The van der Waals surface area contributed by atoms with E-state index in [1.165, 1.54) is 0 Å². The van der Waals surface area contributed by atoms with Crippen molar-refractivity contribution in [2.75, 3.05) is 6.54 Å². The number of benzene rings is 3. The van der Waals surface area contributed by atoms with Gasteiger partial charge in [0, 0.05) is 13.1 Å². The topological polar surface area (TPSA) is 122 Å². The molecular formula is C28H32N4O3. The van der Waals surface area contributed by atoms with Crippen LogP contribution >= 0.6 is 0 Å². The van der Waals surface area contributed by atoms with Crippen LogP contribution in [0.3, 0.4) is 0 Å². The van der Waals surface area contributed by atoms with Crippen molar-refractivity contribution in [3.05, 3.63) is 101 Å². The van der Waals surface area contributed by atoms with E-state index in [1.54, 1.807) is 29.2 Å². The molecule has 0 spiro atoms. The molecule has 3 aromatic rings. The maximum atomic E-state index is 13.4. The minimum atomic E-state index is -0.733. The summed E-state index contributed by atoms with van der Waals surface area (Å²) in [6.45, 7) is 0.738. The highest BCUT2D eigenvalue weighted by Crippen LogP contribution is 2.24. The van der Waals surface area contributed by atoms with Crippen molar-refractivity contribution < 1.29 is 14.7 Å². The fraction of sp³-hybridized carbons (Fsp3) is 0.286. The third kappa shape index (κ3) is 6.26. The zero-order chi connectivity index (χ0) is 24.8. The molecule has 0 radical (unpaired) electrons. The summed E-state index contributed by atoms with van der Waals surface area (Å²) in [5, 5.41) is 12.5. The van der Waals surface area contributed by atoms with E-state index in [4.69, 9.17) is 11.5 Å². The number of amides is 2. The summed E-state index contributed by atoms with van der Waals surface area (Å²) in [5.74, 6) is -0.239. The quantitative estimate of drug-likeness (QED) is 0.399. The van der Waals surface area contributed by atoms with Gasteiger partial charge >= 0.3 is 0 Å². The van der Waals surface area contributed by atoms with Gasteiger partial charge in [-0.1, -0.05) is 66.7 Å². The van der Waals surface area contributed by atoms with Gasteiger partial charge in [0.05, 0.1) is 18.1 Å². The van der Waals surface area contributed by atoms with Crippen molar-refractivity contribution >= 4 is 11.8 Å². The Morgan fingerprint density at radius 1 is 0.857 bits per heavy atom. The van der Waals surface area contributed by atoms with Gasteiger partial charge in [0.1, 0.15) is 5.75 Å². The van der Waals surface area contributed by atoms with Crippen LogP contribution in [0.2, 0.25) is 0 Å². The van der Waals surface area contributed by atoms with Gasteiger partial charge in [-0.25, -0.2) is 0 Å². The van der Waals surface area contributed by atoms with Crippen LogP contribution in [0.5, 0.6) is 5.75 Å². The zero-order valence-corrected chi connectivity index (χ0v) is 19.6. The van der Waals surface area contributed by atoms with E-state index in [0.29, 0.717) is 32.4 Å². The third-order valence-electron chi connectivity index (χ3n) is 6.49. The average molecular weight is 473 g/mol. The summed E-state index contributed by atoms with van der Waals surface area (Å²) in [6.07, 6.45) is 1.43. The van der Waals surface area contributed by atoms with E-state index < -0.39 is 12.1 Å². The Balaban J connectivity index is 1.43. The number of nitrogens with two attached hydrogens (primary N) is 2. The molecule has 1 aliphatic heterocycles. The number of nitrogens with zero attached hydrogens (tertiary/aromatic N) is 1. The van der Waals surface area contributed by atoms with Gasteiger partial charge in [-0.2, -0.15) is 0 Å². The van der Waals surface area contributed by atoms with Gasteiger partial charge in [0.25, 0.3) is 0 Å². The average Bonchev–Trinajstić information content (AvgIpc) is 2.88. The number of aromatic hydroxyl groups is 1. The summed E-state index contributed by atoms with van der Waals surface area (Å²) < 4.78 is 0. The molecule has 0 aliphatic carbocycles. The van der Waals surface area contributed by atoms with Crippen LogP contribution in [-0.2, 0) is 35.4 Å². The molecule has 0 aromatic heterocycles. The van der Waals surface area contributed by atoms with Gasteiger partial charge in [-0.05, 0) is 53.6 Å². The summed E-state index contributed by atoms with van der Waals surface area (Å²) in [6, 6.07) is 22.7. The molecule has 3 atom stereocenters. The second-order valence-corrected chi connectivity index (χ2v) is 9.11. The number of nitrogens with one attached hydrogen (secondary N) is 1. The maximum Gasteiger partial charge on any atom is 0.240 e. The van der Waals surface area contributed by atoms with Gasteiger partial charge in [-0.3, -0.25) is 9.59 Å². The van der Waals surface area contributed by atoms with E-state index in [9.17, 15) is 14.7 Å². The molecule has 0 bridgehead atoms. The number of phenols is 1. The van der Waals surface area contributed by atoms with Crippen molar-refractivity contribution in [2.24, 2.45) is 11.5 Å². The van der Waals surface area contributed by atoms with Gasteiger partial charge in [0.2, 0.25) is 11.8 Å². The van der Waals surface area contributed by atoms with Crippen LogP contribution in [-0.4, -0.2) is 46.5 Å². The first-order valence-electron chi connectivity index (χ1n) is 11.9. The van der Waals surface area contributed by atoms with Gasteiger partial charge < -0.3 is 26.8 Å². The first kappa shape index (κ1) is 24.4. The fourth-order valence-corrected chi connectivity index (χ4v) is 4.52. The largest absolute Gasteiger partial charge is 0.508 e. The molecule has 7 nitrogen and oxygen atoms in total. The van der Waals surface area contributed by atoms with Crippen molar-refractivity contribution in [3.63, 3.8) is 0 Å². The highest BCUT2D eigenvalue weighted by Gasteiger charge is 2.33. The third-order valence-corrected chi connectivity index (χ3v) is 6.49. The monoisotopic (exact) mass is 472 g/mol. The highest BCUT2D eigenvalue weighted by molar-refractivity contribution is 5.83. The number of phenolic OH excluding ortho intramolecular Hbond substituents is 1. The molecule has 3 aromatic carbocycles. The number of carbonyl (C=O) groups is 2. The number of carbonyl (C=O) groups excluding carboxylic acids is 2. The molecule has 7 heteroatoms.